The van der Waals surface area contributed by atoms with Gasteiger partial charge in [-0.3, -0.25) is 0 Å². The monoisotopic (exact) mass is 225 g/mol. The predicted molar refractivity (Wildman–Crippen MR) is 61.6 cm³/mol. The molecule has 0 saturated carbocycles. The van der Waals surface area contributed by atoms with Crippen molar-refractivity contribution in [2.45, 2.75) is 33.5 Å². The highest BCUT2D eigenvalue weighted by Gasteiger charge is 2.12. The van der Waals surface area contributed by atoms with Crippen molar-refractivity contribution in [3.8, 4) is 5.88 Å². The Kier molecular flexibility index (Phi) is 4.71. The first kappa shape index (κ1) is 12.9. The van der Waals surface area contributed by atoms with Gasteiger partial charge in [-0.05, 0) is 32.4 Å². The second-order valence-corrected chi connectivity index (χ2v) is 3.91. The predicted octanol–water partition coefficient (Wildman–Crippen LogP) is 1.60. The van der Waals surface area contributed by atoms with Gasteiger partial charge in [-0.1, -0.05) is 0 Å². The van der Waals surface area contributed by atoms with Gasteiger partial charge in [-0.15, -0.1) is 0 Å². The Balaban J connectivity index is 2.93. The summed E-state index contributed by atoms with van der Waals surface area (Å²) < 4.78 is 10.6. The summed E-state index contributed by atoms with van der Waals surface area (Å²) in [5.41, 5.74) is 2.62. The van der Waals surface area contributed by atoms with Crippen molar-refractivity contribution < 1.29 is 14.6 Å². The molecule has 1 N–H and O–H groups in total. The van der Waals surface area contributed by atoms with Gasteiger partial charge in [0.05, 0.1) is 13.2 Å². The van der Waals surface area contributed by atoms with Gasteiger partial charge in [0.2, 0.25) is 5.88 Å². The molecule has 0 aliphatic carbocycles. The maximum atomic E-state index is 9.28. The van der Waals surface area contributed by atoms with Gasteiger partial charge in [0.15, 0.2) is 0 Å². The molecule has 4 nitrogen and oxygen atoms in total. The lowest BCUT2D eigenvalue weighted by molar-refractivity contribution is 0.0868. The van der Waals surface area contributed by atoms with Crippen molar-refractivity contribution in [1.29, 1.82) is 0 Å². The van der Waals surface area contributed by atoms with Crippen LogP contribution in [0.3, 0.4) is 0 Å². The zero-order chi connectivity index (χ0) is 12.1. The summed E-state index contributed by atoms with van der Waals surface area (Å²) in [7, 11) is 1.63. The minimum atomic E-state index is -0.0796. The summed E-state index contributed by atoms with van der Waals surface area (Å²) in [6, 6.07) is 1.93. The molecular weight excluding hydrogens is 206 g/mol. The summed E-state index contributed by atoms with van der Waals surface area (Å²) in [4.78, 5) is 4.29. The maximum absolute atomic E-state index is 9.28. The molecule has 0 aliphatic rings. The first-order valence-electron chi connectivity index (χ1n) is 5.32. The number of aliphatic hydroxyl groups excluding tert-OH is 1. The summed E-state index contributed by atoms with van der Waals surface area (Å²) in [5.74, 6) is 0.504. The maximum Gasteiger partial charge on any atom is 0.219 e. The van der Waals surface area contributed by atoms with Crippen molar-refractivity contribution in [1.82, 2.24) is 4.98 Å². The van der Waals surface area contributed by atoms with E-state index in [9.17, 15) is 5.11 Å². The standard InChI is InChI=1S/C12H19NO3/c1-8-5-9(2)13-12(11(8)6-14)16-10(3)7-15-4/h5,10,14H,6-7H2,1-4H3. The second-order valence-electron chi connectivity index (χ2n) is 3.91. The molecule has 16 heavy (non-hydrogen) atoms. The third-order valence-electron chi connectivity index (χ3n) is 2.31. The van der Waals surface area contributed by atoms with E-state index >= 15 is 0 Å². The van der Waals surface area contributed by atoms with Gasteiger partial charge in [-0.25, -0.2) is 4.98 Å². The Labute approximate surface area is 96.2 Å². The average molecular weight is 225 g/mol. The summed E-state index contributed by atoms with van der Waals surface area (Å²) >= 11 is 0. The molecule has 0 saturated heterocycles. The van der Waals surface area contributed by atoms with E-state index in [1.54, 1.807) is 7.11 Å². The Bertz CT molecular complexity index is 352. The number of pyridine rings is 1. The SMILES string of the molecule is COCC(C)Oc1nc(C)cc(C)c1CO. The fraction of sp³-hybridized carbons (Fsp3) is 0.583. The van der Waals surface area contributed by atoms with Crippen molar-refractivity contribution in [2.75, 3.05) is 13.7 Å². The van der Waals surface area contributed by atoms with Crippen LogP contribution in [0.1, 0.15) is 23.7 Å². The lowest BCUT2D eigenvalue weighted by atomic mass is 10.1. The van der Waals surface area contributed by atoms with E-state index in [2.05, 4.69) is 4.98 Å². The number of hydrogen-bond acceptors (Lipinski definition) is 4. The molecule has 0 fully saturated rings. The molecule has 0 aromatic carbocycles. The molecule has 1 heterocycles. The van der Waals surface area contributed by atoms with Crippen molar-refractivity contribution in [3.05, 3.63) is 22.9 Å². The lowest BCUT2D eigenvalue weighted by Gasteiger charge is -2.16. The smallest absolute Gasteiger partial charge is 0.219 e. The molecule has 1 aromatic heterocycles. The van der Waals surface area contributed by atoms with E-state index in [1.165, 1.54) is 0 Å². The van der Waals surface area contributed by atoms with E-state index in [1.807, 2.05) is 26.8 Å². The highest BCUT2D eigenvalue weighted by atomic mass is 16.5. The topological polar surface area (TPSA) is 51.6 Å². The zero-order valence-corrected chi connectivity index (χ0v) is 10.3. The van der Waals surface area contributed by atoms with Crippen molar-refractivity contribution in [2.24, 2.45) is 0 Å². The molecule has 1 unspecified atom stereocenters. The largest absolute Gasteiger partial charge is 0.472 e. The average Bonchev–Trinajstić information content (AvgIpc) is 2.17. The lowest BCUT2D eigenvalue weighted by Crippen LogP contribution is -2.20. The van der Waals surface area contributed by atoms with E-state index in [-0.39, 0.29) is 12.7 Å². The van der Waals surface area contributed by atoms with Crippen LogP contribution in [0.5, 0.6) is 5.88 Å². The number of ether oxygens (including phenoxy) is 2. The highest BCUT2D eigenvalue weighted by molar-refractivity contribution is 5.35. The molecule has 0 spiro atoms. The van der Waals surface area contributed by atoms with E-state index in [4.69, 9.17) is 9.47 Å². The van der Waals surface area contributed by atoms with E-state index in [0.717, 1.165) is 16.8 Å². The third kappa shape index (κ3) is 3.18. The van der Waals surface area contributed by atoms with Gasteiger partial charge in [0.1, 0.15) is 6.10 Å². The van der Waals surface area contributed by atoms with Crippen LogP contribution in [-0.2, 0) is 11.3 Å². The third-order valence-corrected chi connectivity index (χ3v) is 2.31. The quantitative estimate of drug-likeness (QED) is 0.827. The molecule has 0 radical (unpaired) electrons. The molecule has 0 amide bonds. The second kappa shape index (κ2) is 5.82. The number of methoxy groups -OCH3 is 1. The normalized spacial score (nSPS) is 12.6. The van der Waals surface area contributed by atoms with E-state index < -0.39 is 0 Å². The minimum absolute atomic E-state index is 0.0614. The fourth-order valence-corrected chi connectivity index (χ4v) is 1.58. The van der Waals surface area contributed by atoms with Gasteiger partial charge in [0, 0.05) is 18.4 Å². The summed E-state index contributed by atoms with van der Waals surface area (Å²) in [6.07, 6.45) is -0.0796. The Morgan fingerprint density at radius 3 is 2.69 bits per heavy atom. The summed E-state index contributed by atoms with van der Waals surface area (Å²) in [6.45, 7) is 6.19. The first-order chi connectivity index (χ1) is 7.58. The number of aryl methyl sites for hydroxylation is 2. The van der Waals surface area contributed by atoms with Gasteiger partial charge < -0.3 is 14.6 Å². The number of hydrogen-bond donors (Lipinski definition) is 1. The van der Waals surface area contributed by atoms with Crippen LogP contribution in [-0.4, -0.2) is 29.9 Å². The van der Waals surface area contributed by atoms with Crippen LogP contribution >= 0.6 is 0 Å². The molecule has 1 atom stereocenters. The van der Waals surface area contributed by atoms with Crippen LogP contribution in [0, 0.1) is 13.8 Å². The van der Waals surface area contributed by atoms with Crippen molar-refractivity contribution >= 4 is 0 Å². The van der Waals surface area contributed by atoms with Crippen molar-refractivity contribution in [3.63, 3.8) is 0 Å². The molecule has 1 aromatic rings. The van der Waals surface area contributed by atoms with Crippen LogP contribution in [0.25, 0.3) is 0 Å². The molecular formula is C12H19NO3. The van der Waals surface area contributed by atoms with E-state index in [0.29, 0.717) is 12.5 Å². The molecule has 4 heteroatoms. The van der Waals surface area contributed by atoms with Gasteiger partial charge in [-0.2, -0.15) is 0 Å². The van der Waals surface area contributed by atoms with Crippen LogP contribution in [0.4, 0.5) is 0 Å². The zero-order valence-electron chi connectivity index (χ0n) is 10.3. The van der Waals surface area contributed by atoms with Crippen LogP contribution in [0.2, 0.25) is 0 Å². The summed E-state index contributed by atoms with van der Waals surface area (Å²) in [5, 5.41) is 9.28. The van der Waals surface area contributed by atoms with Crippen LogP contribution < -0.4 is 4.74 Å². The molecule has 0 bridgehead atoms. The highest BCUT2D eigenvalue weighted by Crippen LogP contribution is 2.21. The number of aliphatic hydroxyl groups is 1. The molecule has 90 valence electrons. The number of rotatable bonds is 5. The molecule has 1 rings (SSSR count). The Morgan fingerprint density at radius 1 is 1.44 bits per heavy atom. The first-order valence-corrected chi connectivity index (χ1v) is 5.32. The van der Waals surface area contributed by atoms with Gasteiger partial charge in [0.25, 0.3) is 0 Å². The minimum Gasteiger partial charge on any atom is -0.472 e. The van der Waals surface area contributed by atoms with Gasteiger partial charge >= 0.3 is 0 Å². The van der Waals surface area contributed by atoms with Crippen LogP contribution in [0.15, 0.2) is 6.07 Å². The Morgan fingerprint density at radius 2 is 2.12 bits per heavy atom. The Hall–Kier alpha value is -1.13. The molecule has 0 aliphatic heterocycles. The number of nitrogens with zero attached hydrogens (tertiary/aromatic N) is 1. The fourth-order valence-electron chi connectivity index (χ4n) is 1.58. The number of aromatic nitrogens is 1.